The molecule has 0 N–H and O–H groups in total. The van der Waals surface area contributed by atoms with Crippen molar-refractivity contribution in [3.8, 4) is 5.69 Å². The molecule has 0 radical (unpaired) electrons. The number of benzene rings is 2. The minimum Gasteiger partial charge on any atom is -0.299 e. The van der Waals surface area contributed by atoms with E-state index in [1.807, 2.05) is 44.2 Å². The van der Waals surface area contributed by atoms with Crippen molar-refractivity contribution >= 4 is 27.4 Å². The van der Waals surface area contributed by atoms with Crippen molar-refractivity contribution in [2.75, 3.05) is 0 Å². The SMILES string of the molecule is CC1(C)CC(=O)C(c2ccc(Br)cc2)C2=C1Cn1c(=O)n(-c3ccccc3)c(=O)n12. The monoisotopic (exact) mass is 465 g/mol. The molecule has 1 aromatic heterocycles. The molecule has 0 fully saturated rings. The summed E-state index contributed by atoms with van der Waals surface area (Å²) in [6.07, 6.45) is 0.374. The van der Waals surface area contributed by atoms with Crippen LogP contribution in [0.15, 0.2) is 74.2 Å². The van der Waals surface area contributed by atoms with E-state index in [0.717, 1.165) is 15.6 Å². The molecule has 3 aromatic rings. The maximum Gasteiger partial charge on any atom is 0.356 e. The van der Waals surface area contributed by atoms with Gasteiger partial charge in [-0.15, -0.1) is 0 Å². The molecule has 30 heavy (non-hydrogen) atoms. The minimum atomic E-state index is -0.571. The molecule has 0 saturated carbocycles. The number of ketones is 1. The van der Waals surface area contributed by atoms with Crippen LogP contribution in [0.5, 0.6) is 0 Å². The van der Waals surface area contributed by atoms with Crippen LogP contribution in [0, 0.1) is 5.41 Å². The summed E-state index contributed by atoms with van der Waals surface area (Å²) in [6, 6.07) is 16.5. The zero-order chi connectivity index (χ0) is 21.2. The van der Waals surface area contributed by atoms with Crippen molar-refractivity contribution in [3.05, 3.63) is 91.2 Å². The molecule has 1 aliphatic heterocycles. The summed E-state index contributed by atoms with van der Waals surface area (Å²) >= 11 is 3.43. The summed E-state index contributed by atoms with van der Waals surface area (Å²) < 4.78 is 4.98. The van der Waals surface area contributed by atoms with E-state index in [4.69, 9.17) is 0 Å². The average Bonchev–Trinajstić information content (AvgIpc) is 3.21. The van der Waals surface area contributed by atoms with E-state index in [1.54, 1.807) is 24.3 Å². The van der Waals surface area contributed by atoms with Gasteiger partial charge in [0.15, 0.2) is 0 Å². The number of hydrogen-bond acceptors (Lipinski definition) is 3. The molecule has 0 saturated heterocycles. The summed E-state index contributed by atoms with van der Waals surface area (Å²) in [5, 5.41) is 0. The first-order valence-corrected chi connectivity index (χ1v) is 10.6. The molecule has 1 aliphatic carbocycles. The maximum absolute atomic E-state index is 13.4. The Labute approximate surface area is 181 Å². The molecule has 7 heteroatoms. The molecule has 0 spiro atoms. The van der Waals surface area contributed by atoms with Gasteiger partial charge in [0.05, 0.1) is 23.8 Å². The van der Waals surface area contributed by atoms with E-state index in [9.17, 15) is 14.4 Å². The van der Waals surface area contributed by atoms with Crippen molar-refractivity contribution in [2.24, 2.45) is 5.41 Å². The van der Waals surface area contributed by atoms with E-state index < -0.39 is 22.7 Å². The normalized spacial score (nSPS) is 19.7. The van der Waals surface area contributed by atoms with Gasteiger partial charge in [-0.1, -0.05) is 60.1 Å². The van der Waals surface area contributed by atoms with Gasteiger partial charge >= 0.3 is 11.4 Å². The Balaban J connectivity index is 1.78. The quantitative estimate of drug-likeness (QED) is 0.580. The van der Waals surface area contributed by atoms with Gasteiger partial charge in [-0.05, 0) is 40.8 Å². The summed E-state index contributed by atoms with van der Waals surface area (Å²) in [6.45, 7) is 4.33. The van der Waals surface area contributed by atoms with E-state index in [1.165, 1.54) is 13.9 Å². The number of Topliss-reactive ketones (excluding diaryl/α,β-unsaturated/α-hetero) is 1. The Hall–Kier alpha value is -2.93. The fourth-order valence-corrected chi connectivity index (χ4v) is 4.93. The van der Waals surface area contributed by atoms with Gasteiger partial charge in [0.25, 0.3) is 0 Å². The standard InChI is InChI=1S/C23H20BrN3O3/c1-23(2)12-18(28)19(14-8-10-15(24)11-9-14)20-17(23)13-25-21(29)26(22(30)27(20)25)16-6-4-3-5-7-16/h3-11,19H,12-13H2,1-2H3. The van der Waals surface area contributed by atoms with E-state index >= 15 is 0 Å². The number of para-hydroxylation sites is 1. The highest BCUT2D eigenvalue weighted by Gasteiger charge is 2.46. The third-order valence-electron chi connectivity index (χ3n) is 6.12. The number of rotatable bonds is 2. The smallest absolute Gasteiger partial charge is 0.299 e. The summed E-state index contributed by atoms with van der Waals surface area (Å²) in [5.74, 6) is -0.514. The van der Waals surface area contributed by atoms with Crippen LogP contribution in [0.4, 0.5) is 0 Å². The lowest BCUT2D eigenvalue weighted by atomic mass is 9.69. The number of hydrogen-bond donors (Lipinski definition) is 0. The Morgan fingerprint density at radius 1 is 0.933 bits per heavy atom. The first-order chi connectivity index (χ1) is 14.3. The first kappa shape index (κ1) is 19.1. The molecule has 0 amide bonds. The van der Waals surface area contributed by atoms with Gasteiger partial charge in [0, 0.05) is 10.9 Å². The lowest BCUT2D eigenvalue weighted by molar-refractivity contribution is -0.121. The number of carbonyl (C=O) groups is 1. The Morgan fingerprint density at radius 2 is 1.60 bits per heavy atom. The van der Waals surface area contributed by atoms with Gasteiger partial charge in [0.2, 0.25) is 0 Å². The van der Waals surface area contributed by atoms with Crippen molar-refractivity contribution in [1.29, 1.82) is 0 Å². The molecular weight excluding hydrogens is 446 g/mol. The van der Waals surface area contributed by atoms with Crippen LogP contribution in [0.1, 0.15) is 31.7 Å². The number of carbonyl (C=O) groups excluding carboxylic acids is 1. The maximum atomic E-state index is 13.4. The third kappa shape index (κ3) is 2.65. The van der Waals surface area contributed by atoms with Crippen LogP contribution in [-0.4, -0.2) is 19.7 Å². The number of aromatic nitrogens is 3. The molecular formula is C23H20BrN3O3. The lowest BCUT2D eigenvalue weighted by Gasteiger charge is -2.35. The first-order valence-electron chi connectivity index (χ1n) is 9.82. The summed E-state index contributed by atoms with van der Waals surface area (Å²) in [7, 11) is 0. The van der Waals surface area contributed by atoms with Gasteiger partial charge in [0.1, 0.15) is 5.78 Å². The molecule has 2 aliphatic rings. The summed E-state index contributed by atoms with van der Waals surface area (Å²) in [5.41, 5.74) is 1.71. The molecule has 1 unspecified atom stereocenters. The van der Waals surface area contributed by atoms with E-state index in [2.05, 4.69) is 15.9 Å². The Morgan fingerprint density at radius 3 is 2.27 bits per heavy atom. The van der Waals surface area contributed by atoms with Crippen molar-refractivity contribution in [2.45, 2.75) is 32.7 Å². The van der Waals surface area contributed by atoms with Crippen LogP contribution in [-0.2, 0) is 11.3 Å². The van der Waals surface area contributed by atoms with Crippen molar-refractivity contribution in [1.82, 2.24) is 13.9 Å². The largest absolute Gasteiger partial charge is 0.356 e. The zero-order valence-electron chi connectivity index (χ0n) is 16.6. The van der Waals surface area contributed by atoms with Crippen LogP contribution in [0.3, 0.4) is 0 Å². The average molecular weight is 466 g/mol. The van der Waals surface area contributed by atoms with Gasteiger partial charge in [-0.2, -0.15) is 0 Å². The molecule has 2 aromatic carbocycles. The fourth-order valence-electron chi connectivity index (χ4n) is 4.66. The topological polar surface area (TPSA) is 66.0 Å². The second-order valence-corrected chi connectivity index (χ2v) is 9.40. The third-order valence-corrected chi connectivity index (χ3v) is 6.65. The molecule has 5 rings (SSSR count). The number of allylic oxidation sites excluding steroid dienone is 2. The molecule has 6 nitrogen and oxygen atoms in total. The molecule has 0 bridgehead atoms. The highest BCUT2D eigenvalue weighted by atomic mass is 79.9. The van der Waals surface area contributed by atoms with Gasteiger partial charge < -0.3 is 0 Å². The van der Waals surface area contributed by atoms with Gasteiger partial charge in [-0.25, -0.2) is 23.5 Å². The summed E-state index contributed by atoms with van der Waals surface area (Å²) in [4.78, 5) is 39.9. The minimum absolute atomic E-state index is 0.0568. The highest BCUT2D eigenvalue weighted by Crippen LogP contribution is 2.49. The van der Waals surface area contributed by atoms with E-state index in [-0.39, 0.29) is 5.78 Å². The second-order valence-electron chi connectivity index (χ2n) is 8.48. The number of halogens is 1. The fraction of sp³-hybridized carbons (Fsp3) is 0.261. The highest BCUT2D eigenvalue weighted by molar-refractivity contribution is 9.10. The van der Waals surface area contributed by atoms with Crippen LogP contribution >= 0.6 is 15.9 Å². The Bertz CT molecular complexity index is 1320. The predicted octanol–water partition coefficient (Wildman–Crippen LogP) is 3.57. The molecule has 1 atom stereocenters. The second kappa shape index (κ2) is 6.54. The number of nitrogens with zero attached hydrogens (tertiary/aromatic N) is 3. The van der Waals surface area contributed by atoms with E-state index in [0.29, 0.717) is 24.4 Å². The Kier molecular flexibility index (Phi) is 4.15. The molecule has 2 heterocycles. The van der Waals surface area contributed by atoms with Crippen molar-refractivity contribution in [3.63, 3.8) is 0 Å². The van der Waals surface area contributed by atoms with Gasteiger partial charge in [-0.3, -0.25) is 4.79 Å². The van der Waals surface area contributed by atoms with Crippen molar-refractivity contribution < 1.29 is 4.79 Å². The van der Waals surface area contributed by atoms with Crippen LogP contribution in [0.2, 0.25) is 0 Å². The number of fused-ring (bicyclic) bond motifs is 2. The lowest BCUT2D eigenvalue weighted by Crippen LogP contribution is -2.35. The zero-order valence-corrected chi connectivity index (χ0v) is 18.2. The van der Waals surface area contributed by atoms with Crippen LogP contribution in [0.25, 0.3) is 11.4 Å². The van der Waals surface area contributed by atoms with Crippen LogP contribution < -0.4 is 11.4 Å². The predicted molar refractivity (Wildman–Crippen MR) is 118 cm³/mol. The molecule has 152 valence electrons.